The van der Waals surface area contributed by atoms with Crippen molar-refractivity contribution in [2.45, 2.75) is 5.91 Å². The van der Waals surface area contributed by atoms with Crippen LogP contribution in [0.1, 0.15) is 5.56 Å². The Morgan fingerprint density at radius 3 is 2.20 bits per heavy atom. The van der Waals surface area contributed by atoms with E-state index in [0.717, 1.165) is 0 Å². The predicted molar refractivity (Wildman–Crippen MR) is 54.9 cm³/mol. The highest BCUT2D eigenvalue weighted by atomic mass is 16.7. The van der Waals surface area contributed by atoms with Crippen molar-refractivity contribution in [1.29, 1.82) is 0 Å². The van der Waals surface area contributed by atoms with Gasteiger partial charge in [-0.05, 0) is 0 Å². The molecule has 0 aliphatic rings. The van der Waals surface area contributed by atoms with E-state index in [0.29, 0.717) is 5.56 Å². The summed E-state index contributed by atoms with van der Waals surface area (Å²) in [6, 6.07) is 8.29. The maximum atomic E-state index is 10.9. The molecule has 0 atom stereocenters. The second-order valence-electron chi connectivity index (χ2n) is 2.88. The van der Waals surface area contributed by atoms with Gasteiger partial charge in [-0.25, -0.2) is 4.79 Å². The SMILES string of the molecule is COC(NC(N)=O)(OC)c1ccccc1. The fourth-order valence-corrected chi connectivity index (χ4v) is 1.31. The van der Waals surface area contributed by atoms with Crippen molar-refractivity contribution in [1.82, 2.24) is 5.32 Å². The van der Waals surface area contributed by atoms with E-state index in [9.17, 15) is 4.79 Å². The molecule has 1 aromatic rings. The molecule has 0 aliphatic heterocycles. The third kappa shape index (κ3) is 2.45. The highest BCUT2D eigenvalue weighted by Crippen LogP contribution is 2.22. The summed E-state index contributed by atoms with van der Waals surface area (Å²) in [5.41, 5.74) is 5.72. The standard InChI is InChI=1S/C10H14N2O3/c1-14-10(15-2,12-9(11)13)8-6-4-3-5-7-8/h3-7H,1-2H3,(H3,11,12,13). The number of methoxy groups -OCH3 is 2. The number of nitrogens with two attached hydrogens (primary N) is 1. The maximum absolute atomic E-state index is 10.9. The van der Waals surface area contributed by atoms with Crippen LogP contribution in [0.2, 0.25) is 0 Å². The minimum Gasteiger partial charge on any atom is -0.352 e. The number of primary amides is 1. The summed E-state index contributed by atoms with van der Waals surface area (Å²) in [4.78, 5) is 10.9. The second kappa shape index (κ2) is 4.77. The number of benzene rings is 1. The molecule has 3 N–H and O–H groups in total. The van der Waals surface area contributed by atoms with Gasteiger partial charge < -0.3 is 15.2 Å². The second-order valence-corrected chi connectivity index (χ2v) is 2.88. The zero-order valence-corrected chi connectivity index (χ0v) is 8.69. The van der Waals surface area contributed by atoms with Gasteiger partial charge in [-0.1, -0.05) is 30.3 Å². The van der Waals surface area contributed by atoms with Crippen LogP contribution < -0.4 is 11.1 Å². The molecule has 0 fully saturated rings. The van der Waals surface area contributed by atoms with Crippen LogP contribution >= 0.6 is 0 Å². The highest BCUT2D eigenvalue weighted by Gasteiger charge is 2.33. The van der Waals surface area contributed by atoms with E-state index in [4.69, 9.17) is 15.2 Å². The monoisotopic (exact) mass is 210 g/mol. The molecular formula is C10H14N2O3. The molecule has 0 unspecified atom stereocenters. The van der Waals surface area contributed by atoms with Crippen LogP contribution in [0.25, 0.3) is 0 Å². The van der Waals surface area contributed by atoms with Gasteiger partial charge in [0.05, 0.1) is 0 Å². The maximum Gasteiger partial charge on any atom is 0.316 e. The van der Waals surface area contributed by atoms with E-state index < -0.39 is 11.9 Å². The van der Waals surface area contributed by atoms with Crippen molar-refractivity contribution in [3.05, 3.63) is 35.9 Å². The number of hydrogen-bond acceptors (Lipinski definition) is 3. The molecular weight excluding hydrogens is 196 g/mol. The number of carbonyl (C=O) groups is 1. The van der Waals surface area contributed by atoms with Crippen LogP contribution in [0.15, 0.2) is 30.3 Å². The van der Waals surface area contributed by atoms with Crippen molar-refractivity contribution >= 4 is 6.03 Å². The lowest BCUT2D eigenvalue weighted by Crippen LogP contribution is -2.50. The first-order valence-corrected chi connectivity index (χ1v) is 4.38. The van der Waals surface area contributed by atoms with Crippen LogP contribution in [0.4, 0.5) is 4.79 Å². The molecule has 5 nitrogen and oxygen atoms in total. The van der Waals surface area contributed by atoms with Gasteiger partial charge in [0.25, 0.3) is 5.91 Å². The van der Waals surface area contributed by atoms with Crippen LogP contribution in [0.3, 0.4) is 0 Å². The Morgan fingerprint density at radius 2 is 1.80 bits per heavy atom. The minimum atomic E-state index is -1.33. The van der Waals surface area contributed by atoms with Gasteiger partial charge in [0.15, 0.2) is 0 Å². The molecule has 0 saturated heterocycles. The molecule has 0 spiro atoms. The summed E-state index contributed by atoms with van der Waals surface area (Å²) in [5.74, 6) is -1.33. The Labute approximate surface area is 88.2 Å². The van der Waals surface area contributed by atoms with Crippen LogP contribution in [-0.2, 0) is 15.4 Å². The van der Waals surface area contributed by atoms with Crippen molar-refractivity contribution in [3.63, 3.8) is 0 Å². The molecule has 2 amide bonds. The Morgan fingerprint density at radius 1 is 1.27 bits per heavy atom. The number of urea groups is 1. The van der Waals surface area contributed by atoms with E-state index in [1.54, 1.807) is 12.1 Å². The average Bonchev–Trinajstić information content (AvgIpc) is 2.27. The lowest BCUT2D eigenvalue weighted by Gasteiger charge is -2.30. The van der Waals surface area contributed by atoms with Gasteiger partial charge in [-0.3, -0.25) is 5.32 Å². The Kier molecular flexibility index (Phi) is 3.65. The van der Waals surface area contributed by atoms with E-state index in [1.807, 2.05) is 18.2 Å². The lowest BCUT2D eigenvalue weighted by molar-refractivity contribution is -0.228. The Bertz CT molecular complexity index is 323. The first-order valence-electron chi connectivity index (χ1n) is 4.38. The average molecular weight is 210 g/mol. The molecule has 0 bridgehead atoms. The fraction of sp³-hybridized carbons (Fsp3) is 0.300. The van der Waals surface area contributed by atoms with Gasteiger partial charge in [-0.15, -0.1) is 0 Å². The van der Waals surface area contributed by atoms with E-state index in [1.165, 1.54) is 14.2 Å². The molecule has 0 saturated carbocycles. The molecule has 0 heterocycles. The number of carbonyl (C=O) groups excluding carboxylic acids is 1. The zero-order valence-electron chi connectivity index (χ0n) is 8.69. The zero-order chi connectivity index (χ0) is 11.3. The van der Waals surface area contributed by atoms with Crippen molar-refractivity contribution in [2.75, 3.05) is 14.2 Å². The third-order valence-electron chi connectivity index (χ3n) is 2.02. The van der Waals surface area contributed by atoms with Gasteiger partial charge in [0, 0.05) is 19.8 Å². The summed E-state index contributed by atoms with van der Waals surface area (Å²) in [5, 5.41) is 2.40. The molecule has 15 heavy (non-hydrogen) atoms. The lowest BCUT2D eigenvalue weighted by atomic mass is 10.1. The third-order valence-corrected chi connectivity index (χ3v) is 2.02. The molecule has 5 heteroatoms. The van der Waals surface area contributed by atoms with E-state index in [2.05, 4.69) is 5.32 Å². The first kappa shape index (κ1) is 11.5. The molecule has 0 aliphatic carbocycles. The van der Waals surface area contributed by atoms with Crippen molar-refractivity contribution < 1.29 is 14.3 Å². The number of rotatable bonds is 4. The van der Waals surface area contributed by atoms with Crippen LogP contribution in [0, 0.1) is 0 Å². The molecule has 0 aromatic heterocycles. The van der Waals surface area contributed by atoms with Crippen molar-refractivity contribution in [2.24, 2.45) is 5.73 Å². The summed E-state index contributed by atoms with van der Waals surface area (Å²) in [6.45, 7) is 0. The molecule has 0 radical (unpaired) electrons. The summed E-state index contributed by atoms with van der Waals surface area (Å²) in [7, 11) is 2.85. The molecule has 82 valence electrons. The Balaban J connectivity index is 3.05. The minimum absolute atomic E-state index is 0.661. The topological polar surface area (TPSA) is 73.6 Å². The van der Waals surface area contributed by atoms with Crippen LogP contribution in [0.5, 0.6) is 0 Å². The van der Waals surface area contributed by atoms with Gasteiger partial charge in [0.2, 0.25) is 0 Å². The molecule has 1 rings (SSSR count). The van der Waals surface area contributed by atoms with E-state index >= 15 is 0 Å². The fourth-order valence-electron chi connectivity index (χ4n) is 1.31. The number of ether oxygens (including phenoxy) is 2. The van der Waals surface area contributed by atoms with E-state index in [-0.39, 0.29) is 0 Å². The normalized spacial score (nSPS) is 11.1. The highest BCUT2D eigenvalue weighted by molar-refractivity contribution is 5.72. The first-order chi connectivity index (χ1) is 7.14. The molecule has 1 aromatic carbocycles. The summed E-state index contributed by atoms with van der Waals surface area (Å²) >= 11 is 0. The number of amides is 2. The quantitative estimate of drug-likeness (QED) is 0.720. The largest absolute Gasteiger partial charge is 0.352 e. The smallest absolute Gasteiger partial charge is 0.316 e. The van der Waals surface area contributed by atoms with Gasteiger partial charge >= 0.3 is 6.03 Å². The summed E-state index contributed by atoms with van der Waals surface area (Å²) < 4.78 is 10.3. The number of nitrogens with one attached hydrogen (secondary N) is 1. The van der Waals surface area contributed by atoms with Gasteiger partial charge in [-0.2, -0.15) is 0 Å². The Hall–Kier alpha value is -1.59. The predicted octanol–water partition coefficient (Wildman–Crippen LogP) is 0.758. The van der Waals surface area contributed by atoms with Crippen molar-refractivity contribution in [3.8, 4) is 0 Å². The number of hydrogen-bond donors (Lipinski definition) is 2. The van der Waals surface area contributed by atoms with Gasteiger partial charge in [0.1, 0.15) is 0 Å². The van der Waals surface area contributed by atoms with Crippen LogP contribution in [-0.4, -0.2) is 20.3 Å². The summed E-state index contributed by atoms with van der Waals surface area (Å²) in [6.07, 6.45) is 0.